The van der Waals surface area contributed by atoms with E-state index in [1.165, 1.54) is 53.0 Å². The first-order valence-electron chi connectivity index (χ1n) is 32.7. The Morgan fingerprint density at radius 2 is 0.840 bits per heavy atom. The summed E-state index contributed by atoms with van der Waals surface area (Å²) in [5.74, 6) is -0.225. The number of ketones is 2. The summed E-state index contributed by atoms with van der Waals surface area (Å²) in [5, 5.41) is 22.5. The molecule has 0 aromatic heterocycles. The fourth-order valence-corrected chi connectivity index (χ4v) is 21.7. The van der Waals surface area contributed by atoms with E-state index in [9.17, 15) is 19.2 Å². The van der Waals surface area contributed by atoms with Crippen LogP contribution in [-0.2, 0) is 9.59 Å². The molecule has 21 heteroatoms. The molecule has 1 heterocycles. The molecule has 0 saturated carbocycles. The maximum atomic E-state index is 13.0. The second-order valence-corrected chi connectivity index (χ2v) is 31.9. The third-order valence-electron chi connectivity index (χ3n) is 16.4. The van der Waals surface area contributed by atoms with Crippen molar-refractivity contribution in [2.75, 3.05) is 39.3 Å². The first-order chi connectivity index (χ1) is 47.7. The van der Waals surface area contributed by atoms with E-state index in [2.05, 4.69) is 263 Å². The van der Waals surface area contributed by atoms with Crippen LogP contribution in [0.4, 0.5) is 0 Å². The van der Waals surface area contributed by atoms with Crippen LogP contribution in [0.3, 0.4) is 0 Å². The molecule has 2 amide bonds. The standard InChI is InChI=1S/C30H30BN2OP2.C27H29N4O2P.C22H20N3OP.3B/c32-21-30(34)33-22-28(31-36(26-17-9-3-10-18-26)27-19-11-4-12-20-27)29(23-33)35(24-13-5-1-6-14-24)25-15-7-2-8-16-25;1-2-9-22(27(33)29-18-19-30-31-28)20-26(32)21-14-16-25(17-15-21)34(23-10-5-3-6-11-23)24-12-7-4-8-13-24;23-25-24-17-7-12-22(26)18-13-15-21(16-14-18)27(19-8-3-1-4-9-19)20-10-5-2-6-11-20;;;/h1-20,28-29H,21-23,32H2;3-8,10-17,22H,2,9,18-20H2,1H3,(H,29,33);1-6,8-11,13-16H,7,12,17H2;;;/t28-,29-;22-;;;;/m01..../s1. The zero-order valence-corrected chi connectivity index (χ0v) is 59.7. The average molecular weight is 1390 g/mol. The lowest BCUT2D eigenvalue weighted by molar-refractivity contribution is -0.128. The van der Waals surface area contributed by atoms with Crippen molar-refractivity contribution in [1.82, 2.24) is 10.2 Å². The summed E-state index contributed by atoms with van der Waals surface area (Å²) >= 11 is 0. The number of azide groups is 2. The van der Waals surface area contributed by atoms with Crippen molar-refractivity contribution in [3.8, 4) is 0 Å². The number of hydrogen-bond acceptors (Lipinski definition) is 7. The lowest BCUT2D eigenvalue weighted by Crippen LogP contribution is -2.35. The number of rotatable bonds is 28. The Bertz CT molecular complexity index is 4000. The minimum atomic E-state index is -0.730. The average Bonchev–Trinajstić information content (AvgIpc) is 1.63. The predicted molar refractivity (Wildman–Crippen MR) is 427 cm³/mol. The molecular formula is C79H79B4N9O4P4. The quantitative estimate of drug-likeness (QED) is 0.00931. The van der Waals surface area contributed by atoms with Gasteiger partial charge in [-0.2, -0.15) is 0 Å². The summed E-state index contributed by atoms with van der Waals surface area (Å²) in [6.45, 7) is 6.90. The maximum Gasteiger partial charge on any atom is 0.236 e. The monoisotopic (exact) mass is 1390 g/mol. The van der Waals surface area contributed by atoms with Gasteiger partial charge in [0.2, 0.25) is 11.8 Å². The van der Waals surface area contributed by atoms with E-state index in [1.54, 1.807) is 0 Å². The van der Waals surface area contributed by atoms with Crippen LogP contribution in [0.2, 0.25) is 5.82 Å². The molecule has 1 aliphatic rings. The topological polar surface area (TPSA) is 207 Å². The number of nitrogens with one attached hydrogen (secondary N) is 1. The summed E-state index contributed by atoms with van der Waals surface area (Å²) < 4.78 is 0. The minimum absolute atomic E-state index is 0. The Labute approximate surface area is 600 Å². The number of amides is 2. The van der Waals surface area contributed by atoms with Gasteiger partial charge < -0.3 is 16.0 Å². The van der Waals surface area contributed by atoms with E-state index < -0.39 is 37.5 Å². The number of carbonyl (C=O) groups excluding carboxylic acids is 4. The molecule has 496 valence electrons. The highest BCUT2D eigenvalue weighted by Crippen LogP contribution is 2.51. The van der Waals surface area contributed by atoms with E-state index in [-0.39, 0.29) is 80.5 Å². The number of nitrogens with two attached hydrogens (primary N) is 1. The number of hydrogen-bond donors (Lipinski definition) is 2. The van der Waals surface area contributed by atoms with Crippen molar-refractivity contribution < 1.29 is 19.2 Å². The Morgan fingerprint density at radius 3 is 1.21 bits per heavy atom. The molecule has 100 heavy (non-hydrogen) atoms. The highest BCUT2D eigenvalue weighted by Gasteiger charge is 2.42. The van der Waals surface area contributed by atoms with Crippen molar-refractivity contribution in [1.29, 1.82) is 0 Å². The van der Waals surface area contributed by atoms with Crippen LogP contribution in [0.1, 0.15) is 59.7 Å². The number of Topliss-reactive ketones (excluding diaryl/α,β-unsaturated/α-hetero) is 2. The van der Waals surface area contributed by atoms with Crippen LogP contribution >= 0.6 is 31.6 Å². The molecular weight excluding hydrogens is 1310 g/mol. The van der Waals surface area contributed by atoms with Gasteiger partial charge in [-0.25, -0.2) is 0 Å². The highest BCUT2D eigenvalue weighted by atomic mass is 31.1. The molecule has 3 atom stereocenters. The molecule has 0 spiro atoms. The Hall–Kier alpha value is -8.96. The van der Waals surface area contributed by atoms with Crippen LogP contribution in [-0.4, -0.2) is 105 Å². The van der Waals surface area contributed by atoms with Crippen molar-refractivity contribution in [2.45, 2.75) is 50.5 Å². The third kappa shape index (κ3) is 23.3. The molecule has 0 unspecified atom stereocenters. The van der Waals surface area contributed by atoms with Gasteiger partial charge in [0.15, 0.2) is 18.6 Å². The van der Waals surface area contributed by atoms with E-state index in [1.807, 2.05) is 72.5 Å². The zero-order chi connectivity index (χ0) is 67.8. The molecule has 1 saturated heterocycles. The highest BCUT2D eigenvalue weighted by molar-refractivity contribution is 7.97. The van der Waals surface area contributed by atoms with Gasteiger partial charge in [-0.3, -0.25) is 19.2 Å². The third-order valence-corrected chi connectivity index (χ3v) is 26.6. The van der Waals surface area contributed by atoms with E-state index in [0.29, 0.717) is 42.6 Å². The summed E-state index contributed by atoms with van der Waals surface area (Å²) in [5.41, 5.74) is 24.1. The smallest absolute Gasteiger partial charge is 0.236 e. The lowest BCUT2D eigenvalue weighted by Gasteiger charge is -2.31. The SMILES string of the molecule is CCC[C@H](CC(=O)c1ccc(P(c2ccccc2)c2ccccc2)cc1)C(=O)NCCN=[N+]=[N-].NCC(=O)N1C[C@H]([B]P(c2ccccc2)c2ccccc2)[C@@H](P(c2ccccc2)c2ccccc2)C1.[B].[B].[B].[N-]=[N+]=NCCCC(=O)c1ccc(P(c2ccccc2)c2ccccc2)cc1. The summed E-state index contributed by atoms with van der Waals surface area (Å²) in [4.78, 5) is 58.0. The summed E-state index contributed by atoms with van der Waals surface area (Å²) in [6, 6.07) is 101. The largest absolute Gasteiger partial charge is 0.356 e. The van der Waals surface area contributed by atoms with Gasteiger partial charge in [-0.1, -0.05) is 323 Å². The fourth-order valence-electron chi connectivity index (χ4n) is 11.7. The van der Waals surface area contributed by atoms with Crippen molar-refractivity contribution in [2.24, 2.45) is 21.9 Å². The second kappa shape index (κ2) is 43.5. The van der Waals surface area contributed by atoms with Gasteiger partial charge in [-0.05, 0) is 107 Å². The number of carbonyl (C=O) groups is 4. The van der Waals surface area contributed by atoms with Crippen LogP contribution < -0.4 is 64.1 Å². The van der Waals surface area contributed by atoms with Gasteiger partial charge in [0, 0.05) is 103 Å². The van der Waals surface area contributed by atoms with Crippen LogP contribution in [0.15, 0.2) is 301 Å². The van der Waals surface area contributed by atoms with Crippen LogP contribution in [0.25, 0.3) is 20.9 Å². The zero-order valence-electron chi connectivity index (χ0n) is 56.2. The molecule has 1 aliphatic heterocycles. The first kappa shape index (κ1) is 80.0. The Balaban J connectivity index is 0.000000235. The summed E-state index contributed by atoms with van der Waals surface area (Å²) in [6.07, 6.45) is 2.56. The maximum absolute atomic E-state index is 13.0. The molecule has 10 radical (unpaired) electrons. The van der Waals surface area contributed by atoms with Gasteiger partial charge in [0.05, 0.1) is 6.54 Å². The molecule has 0 bridgehead atoms. The lowest BCUT2D eigenvalue weighted by atomic mass is 9.84. The van der Waals surface area contributed by atoms with E-state index in [0.717, 1.165) is 19.5 Å². The molecule has 1 fully saturated rings. The van der Waals surface area contributed by atoms with Crippen molar-refractivity contribution in [3.05, 3.63) is 323 Å². The van der Waals surface area contributed by atoms with Gasteiger partial charge in [-0.15, -0.1) is 0 Å². The minimum Gasteiger partial charge on any atom is -0.356 e. The number of likely N-dealkylation sites (tertiary alicyclic amines) is 1. The predicted octanol–water partition coefficient (Wildman–Crippen LogP) is 12.3. The van der Waals surface area contributed by atoms with Crippen molar-refractivity contribution >= 4 is 140 Å². The van der Waals surface area contributed by atoms with Gasteiger partial charge in [0.1, 0.15) is 0 Å². The number of benzene rings is 10. The molecule has 0 aliphatic carbocycles. The summed E-state index contributed by atoms with van der Waals surface area (Å²) in [7, 11) is -2.74. The normalized spacial score (nSPS) is 13.0. The van der Waals surface area contributed by atoms with E-state index >= 15 is 0 Å². The molecule has 3 N–H and O–H groups in total. The molecule has 10 aromatic rings. The Kier molecular flexibility index (Phi) is 34.8. The molecule has 13 nitrogen and oxygen atoms in total. The Morgan fingerprint density at radius 1 is 0.490 bits per heavy atom. The molecule has 10 aromatic carbocycles. The van der Waals surface area contributed by atoms with E-state index in [4.69, 9.17) is 16.8 Å². The molecule has 11 rings (SSSR count). The van der Waals surface area contributed by atoms with Crippen LogP contribution in [0, 0.1) is 5.92 Å². The fraction of sp³-hybridized carbons (Fsp3) is 0.190. The first-order valence-corrected chi connectivity index (χ1v) is 38.2. The van der Waals surface area contributed by atoms with Gasteiger partial charge in [0.25, 0.3) is 0 Å². The van der Waals surface area contributed by atoms with Gasteiger partial charge >= 0.3 is 0 Å². The van der Waals surface area contributed by atoms with Crippen LogP contribution in [0.5, 0.6) is 0 Å². The van der Waals surface area contributed by atoms with Crippen molar-refractivity contribution in [3.63, 3.8) is 0 Å². The second-order valence-electron chi connectivity index (χ2n) is 22.9. The number of nitrogens with zero attached hydrogens (tertiary/aromatic N) is 7.